The van der Waals surface area contributed by atoms with E-state index < -0.39 is 23.8 Å². The number of carbonyl (C=O) groups excluding carboxylic acids is 2. The van der Waals surface area contributed by atoms with Crippen molar-refractivity contribution in [1.29, 1.82) is 0 Å². The van der Waals surface area contributed by atoms with Gasteiger partial charge in [-0.3, -0.25) is 0 Å². The summed E-state index contributed by atoms with van der Waals surface area (Å²) in [5, 5.41) is 0. The third kappa shape index (κ3) is 5.93. The van der Waals surface area contributed by atoms with Crippen LogP contribution in [0.2, 0.25) is 0 Å². The van der Waals surface area contributed by atoms with E-state index >= 15 is 0 Å². The number of fused-ring (bicyclic) bond motifs is 5. The van der Waals surface area contributed by atoms with Gasteiger partial charge in [-0.25, -0.2) is 9.59 Å². The van der Waals surface area contributed by atoms with E-state index in [0.717, 1.165) is 37.0 Å². The molecule has 0 radical (unpaired) electrons. The SMILES string of the molecule is CCOC(=O)C1=COC2(CC1OC(=O)c1ccccc1)C[C@H]1[C@@H]3CCc4cc(OCc5ccccc5)ccc4[C@H]3CC[C@]1(C)CO2. The van der Waals surface area contributed by atoms with Gasteiger partial charge in [0, 0.05) is 6.42 Å². The van der Waals surface area contributed by atoms with Crippen molar-refractivity contribution in [3.8, 4) is 5.75 Å². The largest absolute Gasteiger partial charge is 0.489 e. The smallest absolute Gasteiger partial charge is 0.340 e. The van der Waals surface area contributed by atoms with Crippen LogP contribution in [0.3, 0.4) is 0 Å². The maximum absolute atomic E-state index is 13.1. The highest BCUT2D eigenvalue weighted by molar-refractivity contribution is 5.92. The lowest BCUT2D eigenvalue weighted by Gasteiger charge is -2.58. The van der Waals surface area contributed by atoms with Crippen LogP contribution in [-0.2, 0) is 36.8 Å². The number of benzene rings is 3. The molecule has 240 valence electrons. The Bertz CT molecular complexity index is 1600. The predicted molar refractivity (Wildman–Crippen MR) is 172 cm³/mol. The molecule has 2 unspecified atom stereocenters. The van der Waals surface area contributed by atoms with Gasteiger partial charge < -0.3 is 23.7 Å². The molecular formula is C39H42O7. The van der Waals surface area contributed by atoms with Gasteiger partial charge in [-0.2, -0.15) is 0 Å². The summed E-state index contributed by atoms with van der Waals surface area (Å²) in [4.78, 5) is 26.0. The summed E-state index contributed by atoms with van der Waals surface area (Å²) in [7, 11) is 0. The summed E-state index contributed by atoms with van der Waals surface area (Å²) < 4.78 is 30.4. The quantitative estimate of drug-likeness (QED) is 0.252. The van der Waals surface area contributed by atoms with E-state index in [2.05, 4.69) is 37.3 Å². The van der Waals surface area contributed by atoms with Crippen LogP contribution in [0.1, 0.15) is 78.9 Å². The number of rotatable bonds is 7. The second-order valence-corrected chi connectivity index (χ2v) is 13.5. The molecule has 1 saturated carbocycles. The van der Waals surface area contributed by atoms with E-state index in [4.69, 9.17) is 23.7 Å². The van der Waals surface area contributed by atoms with Gasteiger partial charge in [-0.05, 0) is 96.7 Å². The van der Waals surface area contributed by atoms with Crippen molar-refractivity contribution in [3.05, 3.63) is 113 Å². The van der Waals surface area contributed by atoms with Gasteiger partial charge in [-0.1, -0.05) is 61.5 Å². The highest BCUT2D eigenvalue weighted by Gasteiger charge is 2.58. The van der Waals surface area contributed by atoms with Gasteiger partial charge in [-0.15, -0.1) is 0 Å². The second kappa shape index (κ2) is 12.6. The molecule has 2 fully saturated rings. The highest BCUT2D eigenvalue weighted by atomic mass is 16.7. The minimum Gasteiger partial charge on any atom is -0.489 e. The van der Waals surface area contributed by atoms with Crippen LogP contribution in [-0.4, -0.2) is 37.0 Å². The molecule has 0 aromatic heterocycles. The average Bonchev–Trinajstić information content (AvgIpc) is 3.08. The van der Waals surface area contributed by atoms with Crippen molar-refractivity contribution >= 4 is 11.9 Å². The Morgan fingerprint density at radius 2 is 1.72 bits per heavy atom. The summed E-state index contributed by atoms with van der Waals surface area (Å²) in [6.07, 6.45) is 5.76. The molecule has 7 rings (SSSR count). The van der Waals surface area contributed by atoms with Crippen LogP contribution >= 0.6 is 0 Å². The molecule has 1 spiro atoms. The molecule has 0 bridgehead atoms. The first kappa shape index (κ1) is 30.5. The van der Waals surface area contributed by atoms with Crippen molar-refractivity contribution in [3.63, 3.8) is 0 Å². The minimum atomic E-state index is -0.987. The number of hydrogen-bond acceptors (Lipinski definition) is 7. The Balaban J connectivity index is 1.10. The molecule has 6 atom stereocenters. The first-order chi connectivity index (χ1) is 22.4. The Morgan fingerprint density at radius 1 is 0.935 bits per heavy atom. The molecule has 2 heterocycles. The predicted octanol–water partition coefficient (Wildman–Crippen LogP) is 7.54. The van der Waals surface area contributed by atoms with Gasteiger partial charge in [0.05, 0.1) is 25.2 Å². The number of ether oxygens (including phenoxy) is 5. The first-order valence-electron chi connectivity index (χ1n) is 16.6. The van der Waals surface area contributed by atoms with Crippen LogP contribution in [0.4, 0.5) is 0 Å². The highest BCUT2D eigenvalue weighted by Crippen LogP contribution is 2.60. The fourth-order valence-corrected chi connectivity index (χ4v) is 8.23. The Hall–Kier alpha value is -4.10. The molecule has 7 nitrogen and oxygen atoms in total. The van der Waals surface area contributed by atoms with Gasteiger partial charge in [0.1, 0.15) is 30.3 Å². The summed E-state index contributed by atoms with van der Waals surface area (Å²) >= 11 is 0. The van der Waals surface area contributed by atoms with Crippen LogP contribution in [0.5, 0.6) is 5.75 Å². The third-order valence-corrected chi connectivity index (χ3v) is 10.7. The Morgan fingerprint density at radius 3 is 2.50 bits per heavy atom. The standard InChI is InChI=1S/C39H42O7/c1-3-42-37(41)33-24-44-39(22-35(33)46-36(40)27-12-8-5-9-13-27)21-34-32-16-14-28-20-29(43-23-26-10-6-4-7-11-26)15-17-30(28)31(32)18-19-38(34,2)25-45-39/h4-13,15,17,20,24,31-32,34-35H,3,14,16,18-19,21-23,25H2,1-2H3/t31-,32-,34+,35?,38-,39?/m1/s1. The zero-order valence-corrected chi connectivity index (χ0v) is 26.6. The fourth-order valence-electron chi connectivity index (χ4n) is 8.23. The molecule has 46 heavy (non-hydrogen) atoms. The number of aryl methyl sites for hydroxylation is 1. The Kier molecular flexibility index (Phi) is 8.36. The second-order valence-electron chi connectivity index (χ2n) is 13.5. The van der Waals surface area contributed by atoms with Gasteiger partial charge >= 0.3 is 11.9 Å². The molecule has 2 aliphatic carbocycles. The summed E-state index contributed by atoms with van der Waals surface area (Å²) in [5.41, 5.74) is 4.63. The van der Waals surface area contributed by atoms with E-state index in [1.807, 2.05) is 24.3 Å². The Labute approximate surface area is 270 Å². The molecule has 3 aromatic carbocycles. The summed E-state index contributed by atoms with van der Waals surface area (Å²) in [5.74, 6) is 0.185. The van der Waals surface area contributed by atoms with Gasteiger partial charge in [0.15, 0.2) is 0 Å². The fraction of sp³-hybridized carbons (Fsp3) is 0.436. The lowest BCUT2D eigenvalue weighted by Crippen LogP contribution is -2.57. The number of esters is 2. The topological polar surface area (TPSA) is 80.3 Å². The van der Waals surface area contributed by atoms with Crippen LogP contribution in [0.15, 0.2) is 90.7 Å². The number of hydrogen-bond donors (Lipinski definition) is 0. The first-order valence-corrected chi connectivity index (χ1v) is 16.6. The maximum atomic E-state index is 13.1. The maximum Gasteiger partial charge on any atom is 0.340 e. The van der Waals surface area contributed by atoms with E-state index in [1.54, 1.807) is 31.2 Å². The van der Waals surface area contributed by atoms with E-state index in [9.17, 15) is 9.59 Å². The number of carbonyl (C=O) groups is 2. The average molecular weight is 623 g/mol. The normalized spacial score (nSPS) is 29.7. The van der Waals surface area contributed by atoms with Crippen molar-refractivity contribution in [2.24, 2.45) is 17.3 Å². The molecule has 4 aliphatic rings. The van der Waals surface area contributed by atoms with Crippen LogP contribution in [0, 0.1) is 17.3 Å². The van der Waals surface area contributed by atoms with Crippen molar-refractivity contribution < 1.29 is 33.3 Å². The molecule has 0 amide bonds. The summed E-state index contributed by atoms with van der Waals surface area (Å²) in [6, 6.07) is 25.7. The molecule has 0 N–H and O–H groups in total. The van der Waals surface area contributed by atoms with Crippen molar-refractivity contribution in [2.75, 3.05) is 13.2 Å². The monoisotopic (exact) mass is 622 g/mol. The molecule has 3 aromatic rings. The zero-order chi connectivity index (χ0) is 31.7. The van der Waals surface area contributed by atoms with Gasteiger partial charge in [0.25, 0.3) is 0 Å². The van der Waals surface area contributed by atoms with Crippen molar-refractivity contribution in [2.45, 2.75) is 76.8 Å². The third-order valence-electron chi connectivity index (χ3n) is 10.7. The van der Waals surface area contributed by atoms with Crippen LogP contribution in [0.25, 0.3) is 0 Å². The molecule has 1 saturated heterocycles. The lowest BCUT2D eigenvalue weighted by molar-refractivity contribution is -0.296. The van der Waals surface area contributed by atoms with E-state index in [-0.39, 0.29) is 24.0 Å². The lowest BCUT2D eigenvalue weighted by atomic mass is 9.52. The van der Waals surface area contributed by atoms with E-state index in [0.29, 0.717) is 43.0 Å². The minimum absolute atomic E-state index is 0.0212. The van der Waals surface area contributed by atoms with Gasteiger partial charge in [0.2, 0.25) is 5.79 Å². The molecular weight excluding hydrogens is 580 g/mol. The summed E-state index contributed by atoms with van der Waals surface area (Å²) in [6.45, 7) is 5.43. The molecule has 2 aliphatic heterocycles. The van der Waals surface area contributed by atoms with Crippen LogP contribution < -0.4 is 4.74 Å². The van der Waals surface area contributed by atoms with E-state index in [1.165, 1.54) is 17.4 Å². The zero-order valence-electron chi connectivity index (χ0n) is 26.6. The van der Waals surface area contributed by atoms with Crippen molar-refractivity contribution in [1.82, 2.24) is 0 Å². The molecule has 7 heteroatoms.